The van der Waals surface area contributed by atoms with E-state index in [-0.39, 0.29) is 5.56 Å². The van der Waals surface area contributed by atoms with Gasteiger partial charge >= 0.3 is 0 Å². The van der Waals surface area contributed by atoms with Crippen molar-refractivity contribution in [1.82, 2.24) is 14.5 Å². The molecule has 27 heavy (non-hydrogen) atoms. The van der Waals surface area contributed by atoms with Crippen molar-refractivity contribution in [3.05, 3.63) is 75.5 Å². The first-order chi connectivity index (χ1) is 13.2. The number of nitrogens with zero attached hydrogens (tertiary/aromatic N) is 3. The molecule has 4 rings (SSSR count). The predicted octanol–water partition coefficient (Wildman–Crippen LogP) is 5.25. The summed E-state index contributed by atoms with van der Waals surface area (Å²) in [6.07, 6.45) is 3.77. The van der Waals surface area contributed by atoms with Crippen molar-refractivity contribution in [2.75, 3.05) is 0 Å². The largest absolute Gasteiger partial charge is 0.268 e. The van der Waals surface area contributed by atoms with Gasteiger partial charge < -0.3 is 0 Å². The van der Waals surface area contributed by atoms with Crippen LogP contribution in [0.1, 0.15) is 23.8 Å². The molecule has 0 fully saturated rings. The number of hydrogen-bond donors (Lipinski definition) is 0. The van der Waals surface area contributed by atoms with Crippen molar-refractivity contribution in [3.8, 4) is 5.69 Å². The van der Waals surface area contributed by atoms with Crippen LogP contribution in [-0.4, -0.2) is 14.5 Å². The summed E-state index contributed by atoms with van der Waals surface area (Å²) in [6, 6.07) is 15.4. The van der Waals surface area contributed by atoms with Gasteiger partial charge in [-0.05, 0) is 54.9 Å². The standard InChI is InChI=1S/C21H19N3OS2/c1-3-9-16-14(2)18-19(26-16)23-21(27-17-12-7-8-13-22-17)24(20(18)25)15-10-5-4-6-11-15/h4-8,10-13H,3,9H2,1-2H3. The first-order valence-electron chi connectivity index (χ1n) is 8.88. The number of hydrogen-bond acceptors (Lipinski definition) is 5. The number of rotatable bonds is 5. The number of para-hydroxylation sites is 1. The highest BCUT2D eigenvalue weighted by Gasteiger charge is 2.19. The third kappa shape index (κ3) is 3.42. The number of aryl methyl sites for hydroxylation is 2. The van der Waals surface area contributed by atoms with E-state index in [0.717, 1.165) is 39.3 Å². The van der Waals surface area contributed by atoms with Crippen LogP contribution in [0.5, 0.6) is 0 Å². The smallest absolute Gasteiger partial charge is 0.267 e. The van der Waals surface area contributed by atoms with Gasteiger partial charge in [-0.1, -0.05) is 37.6 Å². The normalized spacial score (nSPS) is 11.2. The highest BCUT2D eigenvalue weighted by molar-refractivity contribution is 7.99. The van der Waals surface area contributed by atoms with Gasteiger partial charge in [0.2, 0.25) is 0 Å². The van der Waals surface area contributed by atoms with Gasteiger partial charge in [-0.15, -0.1) is 11.3 Å². The Morgan fingerprint density at radius 3 is 2.59 bits per heavy atom. The molecule has 4 nitrogen and oxygen atoms in total. The van der Waals surface area contributed by atoms with Gasteiger partial charge in [0, 0.05) is 11.1 Å². The zero-order valence-electron chi connectivity index (χ0n) is 15.2. The third-order valence-electron chi connectivity index (χ3n) is 4.36. The van der Waals surface area contributed by atoms with E-state index >= 15 is 0 Å². The maximum atomic E-state index is 13.5. The summed E-state index contributed by atoms with van der Waals surface area (Å²) in [5.74, 6) is 0. The summed E-state index contributed by atoms with van der Waals surface area (Å²) >= 11 is 3.05. The maximum absolute atomic E-state index is 13.5. The van der Waals surface area contributed by atoms with Crippen LogP contribution in [-0.2, 0) is 6.42 Å². The average Bonchev–Trinajstić information content (AvgIpc) is 2.99. The lowest BCUT2D eigenvalue weighted by Crippen LogP contribution is -2.21. The zero-order chi connectivity index (χ0) is 18.8. The molecule has 0 aliphatic heterocycles. The first kappa shape index (κ1) is 17.9. The molecule has 0 unspecified atom stereocenters. The Bertz CT molecular complexity index is 1140. The highest BCUT2D eigenvalue weighted by Crippen LogP contribution is 2.32. The van der Waals surface area contributed by atoms with E-state index in [2.05, 4.69) is 11.9 Å². The van der Waals surface area contributed by atoms with Gasteiger partial charge in [-0.25, -0.2) is 9.97 Å². The fourth-order valence-corrected chi connectivity index (χ4v) is 5.24. The molecule has 3 heterocycles. The molecule has 1 aromatic carbocycles. The molecule has 6 heteroatoms. The topological polar surface area (TPSA) is 47.8 Å². The van der Waals surface area contributed by atoms with Crippen molar-refractivity contribution in [3.63, 3.8) is 0 Å². The van der Waals surface area contributed by atoms with Gasteiger partial charge in [-0.2, -0.15) is 0 Å². The number of thiophene rings is 1. The summed E-state index contributed by atoms with van der Waals surface area (Å²) in [7, 11) is 0. The Morgan fingerprint density at radius 1 is 1.11 bits per heavy atom. The molecule has 0 saturated carbocycles. The second-order valence-corrected chi connectivity index (χ2v) is 8.29. The molecule has 0 N–H and O–H groups in total. The first-order valence-corrected chi connectivity index (χ1v) is 10.5. The average molecular weight is 394 g/mol. The van der Waals surface area contributed by atoms with Crippen LogP contribution in [0.2, 0.25) is 0 Å². The molecule has 0 aliphatic carbocycles. The summed E-state index contributed by atoms with van der Waals surface area (Å²) in [4.78, 5) is 24.8. The van der Waals surface area contributed by atoms with Crippen LogP contribution in [0.4, 0.5) is 0 Å². The fraction of sp³-hybridized carbons (Fsp3) is 0.190. The number of pyridine rings is 1. The molecule has 0 amide bonds. The number of fused-ring (bicyclic) bond motifs is 1. The van der Waals surface area contributed by atoms with Crippen molar-refractivity contribution in [2.45, 2.75) is 36.9 Å². The van der Waals surface area contributed by atoms with E-state index in [1.165, 1.54) is 16.6 Å². The molecular weight excluding hydrogens is 374 g/mol. The molecule has 0 spiro atoms. The Morgan fingerprint density at radius 2 is 1.89 bits per heavy atom. The monoisotopic (exact) mass is 393 g/mol. The lowest BCUT2D eigenvalue weighted by Gasteiger charge is -2.11. The molecule has 0 aliphatic rings. The Kier molecular flexibility index (Phi) is 5.09. The molecule has 0 radical (unpaired) electrons. The van der Waals surface area contributed by atoms with Gasteiger partial charge in [-0.3, -0.25) is 9.36 Å². The summed E-state index contributed by atoms with van der Waals surface area (Å²) in [6.45, 7) is 4.19. The van der Waals surface area contributed by atoms with Crippen molar-refractivity contribution < 1.29 is 0 Å². The van der Waals surface area contributed by atoms with Crippen LogP contribution >= 0.6 is 23.1 Å². The molecule has 4 aromatic rings. The van der Waals surface area contributed by atoms with Crippen LogP contribution in [0.15, 0.2) is 69.7 Å². The summed E-state index contributed by atoms with van der Waals surface area (Å²) in [5, 5.41) is 2.19. The van der Waals surface area contributed by atoms with E-state index in [1.54, 1.807) is 22.1 Å². The summed E-state index contributed by atoms with van der Waals surface area (Å²) in [5.41, 5.74) is 1.87. The minimum atomic E-state index is -0.0132. The van der Waals surface area contributed by atoms with Gasteiger partial charge in [0.15, 0.2) is 5.16 Å². The number of benzene rings is 1. The zero-order valence-corrected chi connectivity index (χ0v) is 16.8. The third-order valence-corrected chi connectivity index (χ3v) is 6.51. The second-order valence-electron chi connectivity index (χ2n) is 6.22. The van der Waals surface area contributed by atoms with E-state index in [4.69, 9.17) is 4.98 Å². The molecule has 0 atom stereocenters. The van der Waals surface area contributed by atoms with Crippen LogP contribution in [0, 0.1) is 6.92 Å². The Labute approximate surface area is 165 Å². The van der Waals surface area contributed by atoms with Gasteiger partial charge in [0.05, 0.1) is 11.1 Å². The quantitative estimate of drug-likeness (QED) is 0.434. The summed E-state index contributed by atoms with van der Waals surface area (Å²) < 4.78 is 1.71. The van der Waals surface area contributed by atoms with E-state index < -0.39 is 0 Å². The van der Waals surface area contributed by atoms with E-state index in [9.17, 15) is 4.79 Å². The van der Waals surface area contributed by atoms with E-state index in [0.29, 0.717) is 5.16 Å². The Hall–Kier alpha value is -2.44. The minimum Gasteiger partial charge on any atom is -0.268 e. The molecule has 0 saturated heterocycles. The fourth-order valence-electron chi connectivity index (χ4n) is 3.05. The molecule has 3 aromatic heterocycles. The highest BCUT2D eigenvalue weighted by atomic mass is 32.2. The van der Waals surface area contributed by atoms with Crippen molar-refractivity contribution in [2.24, 2.45) is 0 Å². The lowest BCUT2D eigenvalue weighted by atomic mass is 10.1. The van der Waals surface area contributed by atoms with Crippen molar-refractivity contribution in [1.29, 1.82) is 0 Å². The second kappa shape index (κ2) is 7.66. The van der Waals surface area contributed by atoms with Crippen molar-refractivity contribution >= 4 is 33.3 Å². The van der Waals surface area contributed by atoms with Crippen LogP contribution < -0.4 is 5.56 Å². The van der Waals surface area contributed by atoms with Crippen LogP contribution in [0.25, 0.3) is 15.9 Å². The SMILES string of the molecule is CCCc1sc2nc(Sc3ccccn3)n(-c3ccccc3)c(=O)c2c1C. The number of aromatic nitrogens is 3. The Balaban J connectivity index is 1.98. The molecule has 136 valence electrons. The predicted molar refractivity (Wildman–Crippen MR) is 112 cm³/mol. The lowest BCUT2D eigenvalue weighted by molar-refractivity contribution is 0.820. The minimum absolute atomic E-state index is 0.0132. The van der Waals surface area contributed by atoms with Gasteiger partial charge in [0.1, 0.15) is 9.86 Å². The molecule has 0 bridgehead atoms. The van der Waals surface area contributed by atoms with Crippen LogP contribution in [0.3, 0.4) is 0 Å². The molecular formula is C21H19N3OS2. The van der Waals surface area contributed by atoms with E-state index in [1.807, 2.05) is 55.5 Å². The maximum Gasteiger partial charge on any atom is 0.267 e. The van der Waals surface area contributed by atoms with Gasteiger partial charge in [0.25, 0.3) is 5.56 Å².